The monoisotopic (exact) mass is 362 g/mol. The van der Waals surface area contributed by atoms with Crippen molar-refractivity contribution < 1.29 is 22.3 Å². The molecule has 1 aromatic carbocycles. The molecule has 10 heteroatoms. The minimum absolute atomic E-state index is 0.0650. The van der Waals surface area contributed by atoms with Gasteiger partial charge in [0, 0.05) is 23.6 Å². The highest BCUT2D eigenvalue weighted by molar-refractivity contribution is 5.81. The molecular weight excluding hydrogens is 353 g/mol. The van der Waals surface area contributed by atoms with E-state index in [-0.39, 0.29) is 17.3 Å². The third-order valence-electron chi connectivity index (χ3n) is 3.64. The van der Waals surface area contributed by atoms with Crippen LogP contribution < -0.4 is 10.4 Å². The van der Waals surface area contributed by atoms with Gasteiger partial charge in [-0.2, -0.15) is 17.7 Å². The number of alkyl halides is 3. The Hall–Kier alpha value is -3.43. The van der Waals surface area contributed by atoms with Crippen LogP contribution in [0, 0.1) is 6.92 Å². The molecule has 0 saturated carbocycles. The van der Waals surface area contributed by atoms with Crippen LogP contribution in [0.4, 0.5) is 13.2 Å². The highest BCUT2D eigenvalue weighted by Crippen LogP contribution is 2.29. The van der Waals surface area contributed by atoms with Gasteiger partial charge in [-0.15, -0.1) is 15.3 Å². The molecule has 0 bridgehead atoms. The summed E-state index contributed by atoms with van der Waals surface area (Å²) in [5.74, 6) is -1.10. The van der Waals surface area contributed by atoms with Gasteiger partial charge in [-0.3, -0.25) is 0 Å². The fourth-order valence-corrected chi connectivity index (χ4v) is 2.49. The molecule has 4 rings (SSSR count). The quantitative estimate of drug-likeness (QED) is 0.509. The highest BCUT2D eigenvalue weighted by atomic mass is 19.4. The predicted molar refractivity (Wildman–Crippen MR) is 83.1 cm³/mol. The van der Waals surface area contributed by atoms with E-state index in [0.29, 0.717) is 10.1 Å². The number of hydrogen-bond acceptors (Lipinski definition) is 6. The second-order valence-electron chi connectivity index (χ2n) is 5.47. The maximum Gasteiger partial charge on any atom is 0.453 e. The molecular formula is C16H9F3N4O3. The fraction of sp³-hybridized carbons (Fsp3) is 0.125. The summed E-state index contributed by atoms with van der Waals surface area (Å²) in [4.78, 5) is 11.5. The molecule has 0 aliphatic carbocycles. The van der Waals surface area contributed by atoms with Crippen LogP contribution >= 0.6 is 0 Å². The molecule has 132 valence electrons. The van der Waals surface area contributed by atoms with Gasteiger partial charge < -0.3 is 9.15 Å². The van der Waals surface area contributed by atoms with Crippen molar-refractivity contribution in [2.24, 2.45) is 0 Å². The van der Waals surface area contributed by atoms with Gasteiger partial charge in [0.15, 0.2) is 5.65 Å². The van der Waals surface area contributed by atoms with Gasteiger partial charge in [0.2, 0.25) is 5.88 Å². The molecule has 0 aliphatic heterocycles. The first-order valence-electron chi connectivity index (χ1n) is 7.33. The summed E-state index contributed by atoms with van der Waals surface area (Å²) in [5, 5.41) is 11.0. The maximum atomic E-state index is 12.9. The third kappa shape index (κ3) is 2.75. The Morgan fingerprint density at radius 2 is 1.92 bits per heavy atom. The first-order chi connectivity index (χ1) is 12.3. The van der Waals surface area contributed by atoms with Crippen LogP contribution in [0.25, 0.3) is 16.6 Å². The molecule has 0 spiro atoms. The van der Waals surface area contributed by atoms with Crippen molar-refractivity contribution in [1.82, 2.24) is 19.8 Å². The van der Waals surface area contributed by atoms with Crippen LogP contribution in [-0.2, 0) is 6.18 Å². The Bertz CT molecular complexity index is 1200. The number of fused-ring (bicyclic) bond motifs is 2. The predicted octanol–water partition coefficient (Wildman–Crippen LogP) is 3.35. The van der Waals surface area contributed by atoms with Gasteiger partial charge in [-0.1, -0.05) is 0 Å². The lowest BCUT2D eigenvalue weighted by molar-refractivity contribution is -0.146. The lowest BCUT2D eigenvalue weighted by atomic mass is 10.1. The molecule has 0 aliphatic rings. The summed E-state index contributed by atoms with van der Waals surface area (Å²) in [6.07, 6.45) is -4.70. The average Bonchev–Trinajstić information content (AvgIpc) is 2.97. The minimum atomic E-state index is -4.70. The van der Waals surface area contributed by atoms with Crippen molar-refractivity contribution in [3.63, 3.8) is 0 Å². The van der Waals surface area contributed by atoms with Crippen molar-refractivity contribution in [1.29, 1.82) is 0 Å². The van der Waals surface area contributed by atoms with Crippen LogP contribution in [0.5, 0.6) is 11.6 Å². The Morgan fingerprint density at radius 1 is 1.12 bits per heavy atom. The molecule has 26 heavy (non-hydrogen) atoms. The lowest BCUT2D eigenvalue weighted by Crippen LogP contribution is -2.12. The SMILES string of the molecule is Cc1cc(=O)oc2cc(Oc3ccc4nnc(C(F)(F)F)n4n3)ccc12. The average molecular weight is 362 g/mol. The van der Waals surface area contributed by atoms with E-state index >= 15 is 0 Å². The molecule has 0 N–H and O–H groups in total. The van der Waals surface area contributed by atoms with E-state index < -0.39 is 17.6 Å². The smallest absolute Gasteiger partial charge is 0.437 e. The molecule has 0 amide bonds. The van der Waals surface area contributed by atoms with Crippen LogP contribution in [0.15, 0.2) is 45.6 Å². The van der Waals surface area contributed by atoms with Crippen LogP contribution in [0.3, 0.4) is 0 Å². The van der Waals surface area contributed by atoms with Gasteiger partial charge >= 0.3 is 11.8 Å². The standard InChI is InChI=1S/C16H9F3N4O3/c1-8-6-14(24)26-11-7-9(2-3-10(8)11)25-13-5-4-12-20-21-15(16(17,18)19)23(12)22-13/h2-7H,1H3. The zero-order valence-corrected chi connectivity index (χ0v) is 13.1. The summed E-state index contributed by atoms with van der Waals surface area (Å²) in [6.45, 7) is 1.76. The van der Waals surface area contributed by atoms with Crippen molar-refractivity contribution in [2.75, 3.05) is 0 Å². The second-order valence-corrected chi connectivity index (χ2v) is 5.47. The van der Waals surface area contributed by atoms with Crippen LogP contribution in [0.2, 0.25) is 0 Å². The van der Waals surface area contributed by atoms with Crippen molar-refractivity contribution >= 4 is 16.6 Å². The lowest BCUT2D eigenvalue weighted by Gasteiger charge is -2.07. The van der Waals surface area contributed by atoms with Gasteiger partial charge in [0.05, 0.1) is 0 Å². The van der Waals surface area contributed by atoms with Crippen LogP contribution in [0.1, 0.15) is 11.4 Å². The third-order valence-corrected chi connectivity index (χ3v) is 3.64. The topological polar surface area (TPSA) is 82.5 Å². The minimum Gasteiger partial charge on any atom is -0.437 e. The number of ether oxygens (including phenoxy) is 1. The summed E-state index contributed by atoms with van der Waals surface area (Å²) >= 11 is 0. The molecule has 0 saturated heterocycles. The molecule has 0 unspecified atom stereocenters. The van der Waals surface area contributed by atoms with E-state index in [2.05, 4.69) is 15.3 Å². The number of hydrogen-bond donors (Lipinski definition) is 0. The summed E-state index contributed by atoms with van der Waals surface area (Å²) in [5.41, 5.74) is 0.464. The zero-order chi connectivity index (χ0) is 18.5. The summed E-state index contributed by atoms with van der Waals surface area (Å²) in [6, 6.07) is 8.77. The summed E-state index contributed by atoms with van der Waals surface area (Å²) in [7, 11) is 0. The Balaban J connectivity index is 1.75. The number of halogens is 3. The van der Waals surface area contributed by atoms with Gasteiger partial charge in [-0.05, 0) is 30.7 Å². The number of benzene rings is 1. The van der Waals surface area contributed by atoms with Gasteiger partial charge in [-0.25, -0.2) is 4.79 Å². The molecule has 7 nitrogen and oxygen atoms in total. The Kier molecular flexibility index (Phi) is 3.43. The number of aryl methyl sites for hydroxylation is 1. The Labute approximate surface area is 142 Å². The van der Waals surface area contributed by atoms with Gasteiger partial charge in [0.25, 0.3) is 5.82 Å². The van der Waals surface area contributed by atoms with E-state index in [1.807, 2.05) is 0 Å². The highest BCUT2D eigenvalue weighted by Gasteiger charge is 2.37. The van der Waals surface area contributed by atoms with Crippen molar-refractivity contribution in [3.8, 4) is 11.6 Å². The largest absolute Gasteiger partial charge is 0.453 e. The zero-order valence-electron chi connectivity index (χ0n) is 13.1. The summed E-state index contributed by atoms with van der Waals surface area (Å²) < 4.78 is 49.9. The molecule has 4 aromatic rings. The van der Waals surface area contributed by atoms with Crippen molar-refractivity contribution in [3.05, 3.63) is 58.2 Å². The molecule has 3 aromatic heterocycles. The second kappa shape index (κ2) is 5.55. The van der Waals surface area contributed by atoms with E-state index in [1.54, 1.807) is 19.1 Å². The molecule has 0 radical (unpaired) electrons. The normalized spacial score (nSPS) is 12.0. The van der Waals surface area contributed by atoms with E-state index in [0.717, 1.165) is 10.9 Å². The molecule has 0 atom stereocenters. The maximum absolute atomic E-state index is 12.9. The number of nitrogens with zero attached hydrogens (tertiary/aromatic N) is 4. The molecule has 3 heterocycles. The van der Waals surface area contributed by atoms with Crippen LogP contribution in [-0.4, -0.2) is 19.8 Å². The first kappa shape index (κ1) is 16.1. The van der Waals surface area contributed by atoms with Crippen molar-refractivity contribution in [2.45, 2.75) is 13.1 Å². The van der Waals surface area contributed by atoms with E-state index in [1.165, 1.54) is 24.3 Å². The number of rotatable bonds is 2. The Morgan fingerprint density at radius 3 is 2.69 bits per heavy atom. The molecule has 0 fully saturated rings. The first-order valence-corrected chi connectivity index (χ1v) is 7.33. The number of aromatic nitrogens is 4. The fourth-order valence-electron chi connectivity index (χ4n) is 2.49. The van der Waals surface area contributed by atoms with E-state index in [4.69, 9.17) is 9.15 Å². The van der Waals surface area contributed by atoms with Gasteiger partial charge in [0.1, 0.15) is 11.3 Å². The van der Waals surface area contributed by atoms with E-state index in [9.17, 15) is 18.0 Å².